The van der Waals surface area contributed by atoms with Gasteiger partial charge < -0.3 is 5.32 Å². The Labute approximate surface area is 168 Å². The van der Waals surface area contributed by atoms with Crippen molar-refractivity contribution in [2.75, 3.05) is 5.75 Å². The van der Waals surface area contributed by atoms with Crippen LogP contribution in [0, 0.1) is 0 Å². The number of hydrogen-bond donors (Lipinski definition) is 1. The minimum Gasteiger partial charge on any atom is -0.348 e. The van der Waals surface area contributed by atoms with E-state index in [2.05, 4.69) is 16.4 Å². The summed E-state index contributed by atoms with van der Waals surface area (Å²) in [5.41, 5.74) is 3.75. The number of thiazole rings is 1. The van der Waals surface area contributed by atoms with E-state index in [1.165, 1.54) is 5.56 Å². The molecule has 1 heterocycles. The molecule has 0 unspecified atom stereocenters. The summed E-state index contributed by atoms with van der Waals surface area (Å²) in [4.78, 5) is 16.7. The molecular weight excluding hydrogens is 392 g/mol. The molecule has 28 heavy (non-hydrogen) atoms. The Morgan fingerprint density at radius 3 is 2.68 bits per heavy atom. The fourth-order valence-electron chi connectivity index (χ4n) is 3.52. The molecule has 2 aromatic carbocycles. The number of benzene rings is 2. The summed E-state index contributed by atoms with van der Waals surface area (Å²) in [5, 5.41) is 4.60. The first-order valence-electron chi connectivity index (χ1n) is 9.14. The molecule has 0 radical (unpaired) electrons. The highest BCUT2D eigenvalue weighted by molar-refractivity contribution is 7.94. The minimum absolute atomic E-state index is 0.0226. The molecule has 1 atom stereocenters. The van der Waals surface area contributed by atoms with Crippen LogP contribution >= 0.6 is 11.3 Å². The van der Waals surface area contributed by atoms with Gasteiger partial charge in [-0.05, 0) is 30.4 Å². The predicted molar refractivity (Wildman–Crippen MR) is 110 cm³/mol. The molecule has 0 bridgehead atoms. The number of nitrogens with one attached hydrogen (secondary N) is 1. The maximum absolute atomic E-state index is 12.7. The Bertz CT molecular complexity index is 1090. The molecule has 1 aliphatic carbocycles. The van der Waals surface area contributed by atoms with Crippen molar-refractivity contribution in [2.45, 2.75) is 29.6 Å². The van der Waals surface area contributed by atoms with Gasteiger partial charge in [0.2, 0.25) is 20.1 Å². The first-order valence-corrected chi connectivity index (χ1v) is 11.7. The van der Waals surface area contributed by atoms with E-state index in [9.17, 15) is 13.2 Å². The maximum Gasteiger partial charge on any atom is 0.236 e. The third kappa shape index (κ3) is 4.00. The Balaban J connectivity index is 1.47. The van der Waals surface area contributed by atoms with Gasteiger partial charge in [0.25, 0.3) is 0 Å². The lowest BCUT2D eigenvalue weighted by atomic mass is 9.88. The van der Waals surface area contributed by atoms with E-state index in [1.807, 2.05) is 48.5 Å². The molecule has 0 fully saturated rings. The summed E-state index contributed by atoms with van der Waals surface area (Å²) in [6.45, 7) is 0. The van der Waals surface area contributed by atoms with Crippen molar-refractivity contribution in [3.8, 4) is 11.3 Å². The van der Waals surface area contributed by atoms with Crippen molar-refractivity contribution >= 4 is 27.1 Å². The van der Waals surface area contributed by atoms with E-state index >= 15 is 0 Å². The molecule has 5 nitrogen and oxygen atoms in total. The summed E-state index contributed by atoms with van der Waals surface area (Å²) in [5.74, 6) is -1.08. The second kappa shape index (κ2) is 7.85. The van der Waals surface area contributed by atoms with Crippen LogP contribution in [0.4, 0.5) is 0 Å². The molecule has 1 aromatic heterocycles. The van der Waals surface area contributed by atoms with Crippen LogP contribution in [0.15, 0.2) is 64.3 Å². The molecule has 0 saturated heterocycles. The van der Waals surface area contributed by atoms with Crippen molar-refractivity contribution < 1.29 is 13.2 Å². The third-order valence-corrected chi connectivity index (χ3v) is 7.79. The normalized spacial score (nSPS) is 16.4. The molecule has 3 aromatic rings. The summed E-state index contributed by atoms with van der Waals surface area (Å²) >= 11 is 1.05. The number of amides is 1. The molecule has 144 valence electrons. The van der Waals surface area contributed by atoms with Crippen LogP contribution in [0.3, 0.4) is 0 Å². The molecule has 1 N–H and O–H groups in total. The fourth-order valence-corrected chi connectivity index (χ4v) is 5.77. The van der Waals surface area contributed by atoms with E-state index in [0.29, 0.717) is 5.69 Å². The third-order valence-electron chi connectivity index (χ3n) is 4.84. The summed E-state index contributed by atoms with van der Waals surface area (Å²) in [6, 6.07) is 17.2. The Morgan fingerprint density at radius 1 is 1.11 bits per heavy atom. The zero-order valence-electron chi connectivity index (χ0n) is 15.2. The Morgan fingerprint density at radius 2 is 1.86 bits per heavy atom. The van der Waals surface area contributed by atoms with Crippen LogP contribution in [-0.2, 0) is 21.1 Å². The zero-order valence-corrected chi connectivity index (χ0v) is 16.8. The standard InChI is InChI=1S/C21H20N2O3S2/c24-20(22-18-12-6-10-15-7-4-5-11-17(15)18)14-28(25,26)21-23-19(13-27-21)16-8-2-1-3-9-16/h1-5,7-9,11,13,18H,6,10,12,14H2,(H,22,24)/t18-/m0/s1. The van der Waals surface area contributed by atoms with Crippen LogP contribution < -0.4 is 5.32 Å². The van der Waals surface area contributed by atoms with Crippen LogP contribution in [0.2, 0.25) is 0 Å². The summed E-state index contributed by atoms with van der Waals surface area (Å²) in [7, 11) is -3.78. The van der Waals surface area contributed by atoms with E-state index in [0.717, 1.165) is 41.7 Å². The fraction of sp³-hybridized carbons (Fsp3) is 0.238. The molecule has 1 amide bonds. The van der Waals surface area contributed by atoms with Gasteiger partial charge in [0.1, 0.15) is 5.75 Å². The molecule has 0 aliphatic heterocycles. The molecule has 4 rings (SSSR count). The zero-order chi connectivity index (χ0) is 19.6. The van der Waals surface area contributed by atoms with Crippen LogP contribution in [-0.4, -0.2) is 25.1 Å². The second-order valence-electron chi connectivity index (χ2n) is 6.83. The summed E-state index contributed by atoms with van der Waals surface area (Å²) in [6.07, 6.45) is 2.78. The highest BCUT2D eigenvalue weighted by Gasteiger charge is 2.27. The van der Waals surface area contributed by atoms with Gasteiger partial charge >= 0.3 is 0 Å². The molecular formula is C21H20N2O3S2. The summed E-state index contributed by atoms with van der Waals surface area (Å²) < 4.78 is 25.3. The van der Waals surface area contributed by atoms with Crippen molar-refractivity contribution in [1.29, 1.82) is 0 Å². The first-order chi connectivity index (χ1) is 13.5. The lowest BCUT2D eigenvalue weighted by Gasteiger charge is -2.26. The molecule has 0 saturated carbocycles. The first kappa shape index (κ1) is 18.8. The number of rotatable bonds is 5. The molecule has 1 aliphatic rings. The minimum atomic E-state index is -3.78. The SMILES string of the molecule is O=C(CS(=O)(=O)c1nc(-c2ccccc2)cs1)N[C@H]1CCCc2ccccc21. The number of sulfone groups is 1. The largest absolute Gasteiger partial charge is 0.348 e. The number of carbonyl (C=O) groups excluding carboxylic acids is 1. The van der Waals surface area contributed by atoms with Crippen molar-refractivity contribution in [2.24, 2.45) is 0 Å². The van der Waals surface area contributed by atoms with Crippen molar-refractivity contribution in [3.63, 3.8) is 0 Å². The number of fused-ring (bicyclic) bond motifs is 1. The Kier molecular flexibility index (Phi) is 5.28. The van der Waals surface area contributed by atoms with E-state index < -0.39 is 21.5 Å². The smallest absolute Gasteiger partial charge is 0.236 e. The second-order valence-corrected chi connectivity index (χ2v) is 9.86. The topological polar surface area (TPSA) is 76.1 Å². The van der Waals surface area contributed by atoms with Crippen LogP contribution in [0.25, 0.3) is 11.3 Å². The number of hydrogen-bond acceptors (Lipinski definition) is 5. The van der Waals surface area contributed by atoms with Gasteiger partial charge in [-0.25, -0.2) is 13.4 Å². The average molecular weight is 413 g/mol. The van der Waals surface area contributed by atoms with Gasteiger partial charge in [0.15, 0.2) is 0 Å². The highest BCUT2D eigenvalue weighted by atomic mass is 32.2. The maximum atomic E-state index is 12.7. The average Bonchev–Trinajstić information content (AvgIpc) is 3.20. The van der Waals surface area contributed by atoms with E-state index in [4.69, 9.17) is 0 Å². The molecule has 0 spiro atoms. The van der Waals surface area contributed by atoms with Gasteiger partial charge in [0.05, 0.1) is 11.7 Å². The number of carbonyl (C=O) groups is 1. The molecule has 7 heteroatoms. The lowest BCUT2D eigenvalue weighted by molar-refractivity contribution is -0.119. The van der Waals surface area contributed by atoms with Gasteiger partial charge in [-0.15, -0.1) is 11.3 Å². The highest BCUT2D eigenvalue weighted by Crippen LogP contribution is 2.30. The van der Waals surface area contributed by atoms with Gasteiger partial charge in [-0.1, -0.05) is 54.6 Å². The quantitative estimate of drug-likeness (QED) is 0.692. The van der Waals surface area contributed by atoms with Crippen molar-refractivity contribution in [3.05, 3.63) is 71.1 Å². The van der Waals surface area contributed by atoms with Gasteiger partial charge in [-0.2, -0.15) is 0 Å². The Hall–Kier alpha value is -2.51. The van der Waals surface area contributed by atoms with E-state index in [1.54, 1.807) is 5.38 Å². The predicted octanol–water partition coefficient (Wildman–Crippen LogP) is 3.78. The number of nitrogens with zero attached hydrogens (tertiary/aromatic N) is 1. The van der Waals surface area contributed by atoms with Gasteiger partial charge in [0, 0.05) is 10.9 Å². The number of aromatic nitrogens is 1. The van der Waals surface area contributed by atoms with Gasteiger partial charge in [-0.3, -0.25) is 4.79 Å². The van der Waals surface area contributed by atoms with E-state index in [-0.39, 0.29) is 10.4 Å². The van der Waals surface area contributed by atoms with Crippen LogP contribution in [0.5, 0.6) is 0 Å². The van der Waals surface area contributed by atoms with Crippen molar-refractivity contribution in [1.82, 2.24) is 10.3 Å². The number of aryl methyl sites for hydroxylation is 1. The monoisotopic (exact) mass is 412 g/mol. The lowest BCUT2D eigenvalue weighted by Crippen LogP contribution is -2.35. The van der Waals surface area contributed by atoms with Crippen LogP contribution in [0.1, 0.15) is 30.0 Å².